The van der Waals surface area contributed by atoms with Gasteiger partial charge in [0, 0.05) is 12.6 Å². The van der Waals surface area contributed by atoms with Crippen molar-refractivity contribution in [1.29, 1.82) is 0 Å². The fourth-order valence-corrected chi connectivity index (χ4v) is 1.20. The molecule has 1 aromatic rings. The first-order chi connectivity index (χ1) is 6.63. The van der Waals surface area contributed by atoms with Crippen LogP contribution in [-0.2, 0) is 0 Å². The van der Waals surface area contributed by atoms with Crippen LogP contribution in [0.1, 0.15) is 0 Å². The van der Waals surface area contributed by atoms with Crippen LogP contribution in [0.15, 0.2) is 22.7 Å². The van der Waals surface area contributed by atoms with Crippen LogP contribution in [0, 0.1) is 5.82 Å². The highest BCUT2D eigenvalue weighted by Gasteiger charge is 2.06. The number of hydrogen-bond donors (Lipinski definition) is 2. The molecular weight excluding hydrogens is 253 g/mol. The van der Waals surface area contributed by atoms with E-state index < -0.39 is 6.10 Å². The highest BCUT2D eigenvalue weighted by atomic mass is 79.9. The van der Waals surface area contributed by atoms with Crippen molar-refractivity contribution < 1.29 is 14.2 Å². The third-order valence-corrected chi connectivity index (χ3v) is 2.25. The first-order valence-electron chi connectivity index (χ1n) is 4.09. The topological polar surface area (TPSA) is 55.5 Å². The molecule has 0 aliphatic carbocycles. The molecule has 0 heterocycles. The van der Waals surface area contributed by atoms with Crippen molar-refractivity contribution in [3.8, 4) is 5.75 Å². The van der Waals surface area contributed by atoms with Gasteiger partial charge in [-0.1, -0.05) is 0 Å². The summed E-state index contributed by atoms with van der Waals surface area (Å²) in [5.74, 6) is -0.0251. The summed E-state index contributed by atoms with van der Waals surface area (Å²) in [5, 5.41) is 9.12. The van der Waals surface area contributed by atoms with Crippen LogP contribution in [0.3, 0.4) is 0 Å². The molecule has 0 spiro atoms. The molecule has 0 aliphatic heterocycles. The van der Waals surface area contributed by atoms with Crippen LogP contribution < -0.4 is 10.5 Å². The van der Waals surface area contributed by atoms with Gasteiger partial charge in [0.15, 0.2) is 0 Å². The summed E-state index contributed by atoms with van der Waals surface area (Å²) in [4.78, 5) is 0. The van der Waals surface area contributed by atoms with Crippen molar-refractivity contribution >= 4 is 15.9 Å². The van der Waals surface area contributed by atoms with Crippen molar-refractivity contribution in [1.82, 2.24) is 0 Å². The second-order valence-corrected chi connectivity index (χ2v) is 3.63. The number of benzene rings is 1. The van der Waals surface area contributed by atoms with Gasteiger partial charge in [0.25, 0.3) is 0 Å². The predicted molar refractivity (Wildman–Crippen MR) is 54.7 cm³/mol. The standard InChI is InChI=1S/C9H11BrFNO2/c10-8-2-1-6(11)3-9(8)14-5-7(13)4-12/h1-3,7,13H,4-5,12H2. The number of aliphatic hydroxyl groups excluding tert-OH is 1. The minimum Gasteiger partial charge on any atom is -0.490 e. The Morgan fingerprint density at radius 2 is 2.29 bits per heavy atom. The monoisotopic (exact) mass is 263 g/mol. The van der Waals surface area contributed by atoms with Crippen molar-refractivity contribution in [2.45, 2.75) is 6.10 Å². The number of rotatable bonds is 4. The molecule has 5 heteroatoms. The van der Waals surface area contributed by atoms with Crippen LogP contribution in [0.25, 0.3) is 0 Å². The summed E-state index contributed by atoms with van der Waals surface area (Å²) in [7, 11) is 0. The molecule has 1 atom stereocenters. The summed E-state index contributed by atoms with van der Waals surface area (Å²) in [6, 6.07) is 4.10. The van der Waals surface area contributed by atoms with E-state index in [-0.39, 0.29) is 19.0 Å². The number of aliphatic hydroxyl groups is 1. The molecule has 3 nitrogen and oxygen atoms in total. The summed E-state index contributed by atoms with van der Waals surface area (Å²) < 4.78 is 18.6. The first kappa shape index (κ1) is 11.4. The molecule has 1 unspecified atom stereocenters. The Morgan fingerprint density at radius 3 is 2.93 bits per heavy atom. The van der Waals surface area contributed by atoms with Crippen molar-refractivity contribution in [2.24, 2.45) is 5.73 Å². The van der Waals surface area contributed by atoms with E-state index >= 15 is 0 Å². The Bertz CT molecular complexity index is 309. The minimum absolute atomic E-state index is 0.0541. The van der Waals surface area contributed by atoms with Crippen molar-refractivity contribution in [3.05, 3.63) is 28.5 Å². The molecule has 0 amide bonds. The van der Waals surface area contributed by atoms with Crippen molar-refractivity contribution in [2.75, 3.05) is 13.2 Å². The van der Waals surface area contributed by atoms with Gasteiger partial charge in [0.1, 0.15) is 24.3 Å². The Hall–Kier alpha value is -0.650. The highest BCUT2D eigenvalue weighted by molar-refractivity contribution is 9.10. The maximum atomic E-state index is 12.8. The van der Waals surface area contributed by atoms with Gasteiger partial charge in [-0.15, -0.1) is 0 Å². The van der Waals surface area contributed by atoms with Gasteiger partial charge in [-0.25, -0.2) is 4.39 Å². The Kier molecular flexibility index (Phi) is 4.31. The zero-order chi connectivity index (χ0) is 10.6. The second kappa shape index (κ2) is 5.29. The zero-order valence-electron chi connectivity index (χ0n) is 7.41. The average Bonchev–Trinajstić information content (AvgIpc) is 2.19. The van der Waals surface area contributed by atoms with E-state index in [4.69, 9.17) is 15.6 Å². The van der Waals surface area contributed by atoms with E-state index in [2.05, 4.69) is 15.9 Å². The average molecular weight is 264 g/mol. The summed E-state index contributed by atoms with van der Waals surface area (Å²) in [6.45, 7) is 0.172. The van der Waals surface area contributed by atoms with Gasteiger partial charge in [-0.3, -0.25) is 0 Å². The Morgan fingerprint density at radius 1 is 1.57 bits per heavy atom. The normalized spacial score (nSPS) is 12.6. The molecular formula is C9H11BrFNO2. The van der Waals surface area contributed by atoms with Gasteiger partial charge >= 0.3 is 0 Å². The van der Waals surface area contributed by atoms with E-state index in [1.54, 1.807) is 6.07 Å². The lowest BCUT2D eigenvalue weighted by molar-refractivity contribution is 0.113. The molecule has 1 rings (SSSR count). The number of halogens is 2. The molecule has 0 saturated heterocycles. The molecule has 1 aromatic carbocycles. The lowest BCUT2D eigenvalue weighted by Crippen LogP contribution is -2.26. The number of hydrogen-bond acceptors (Lipinski definition) is 3. The number of ether oxygens (including phenoxy) is 1. The van der Waals surface area contributed by atoms with E-state index in [1.165, 1.54) is 12.1 Å². The maximum absolute atomic E-state index is 12.8. The highest BCUT2D eigenvalue weighted by Crippen LogP contribution is 2.25. The fraction of sp³-hybridized carbons (Fsp3) is 0.333. The maximum Gasteiger partial charge on any atom is 0.136 e. The van der Waals surface area contributed by atoms with Crippen molar-refractivity contribution in [3.63, 3.8) is 0 Å². The summed E-state index contributed by atoms with van der Waals surface area (Å²) in [5.41, 5.74) is 5.19. The molecule has 0 aliphatic rings. The van der Waals surface area contributed by atoms with Gasteiger partial charge < -0.3 is 15.6 Å². The van der Waals surface area contributed by atoms with Crippen LogP contribution in [0.5, 0.6) is 5.75 Å². The van der Waals surface area contributed by atoms with E-state index in [1.807, 2.05) is 0 Å². The zero-order valence-corrected chi connectivity index (χ0v) is 9.00. The minimum atomic E-state index is -0.731. The lowest BCUT2D eigenvalue weighted by Gasteiger charge is -2.11. The summed E-state index contributed by atoms with van der Waals surface area (Å²) in [6.07, 6.45) is -0.731. The van der Waals surface area contributed by atoms with Crippen LogP contribution in [0.4, 0.5) is 4.39 Å². The van der Waals surface area contributed by atoms with Crippen LogP contribution in [-0.4, -0.2) is 24.4 Å². The third kappa shape index (κ3) is 3.25. The SMILES string of the molecule is NCC(O)COc1cc(F)ccc1Br. The molecule has 0 bridgehead atoms. The molecule has 3 N–H and O–H groups in total. The second-order valence-electron chi connectivity index (χ2n) is 2.78. The largest absolute Gasteiger partial charge is 0.490 e. The predicted octanol–water partition coefficient (Wildman–Crippen LogP) is 1.29. The Labute approximate surface area is 89.8 Å². The summed E-state index contributed by atoms with van der Waals surface area (Å²) >= 11 is 3.20. The third-order valence-electron chi connectivity index (χ3n) is 1.60. The van der Waals surface area contributed by atoms with E-state index in [0.29, 0.717) is 10.2 Å². The van der Waals surface area contributed by atoms with E-state index in [9.17, 15) is 4.39 Å². The Balaban J connectivity index is 2.62. The smallest absolute Gasteiger partial charge is 0.136 e. The molecule has 78 valence electrons. The first-order valence-corrected chi connectivity index (χ1v) is 4.88. The van der Waals surface area contributed by atoms with Crippen LogP contribution >= 0.6 is 15.9 Å². The van der Waals surface area contributed by atoms with E-state index in [0.717, 1.165) is 0 Å². The number of nitrogens with two attached hydrogens (primary N) is 1. The quantitative estimate of drug-likeness (QED) is 0.861. The molecule has 0 saturated carbocycles. The molecule has 0 fully saturated rings. The van der Waals surface area contributed by atoms with Crippen LogP contribution in [0.2, 0.25) is 0 Å². The molecule has 14 heavy (non-hydrogen) atoms. The lowest BCUT2D eigenvalue weighted by atomic mass is 10.3. The molecule has 0 radical (unpaired) electrons. The van der Waals surface area contributed by atoms with Gasteiger partial charge in [-0.05, 0) is 28.1 Å². The van der Waals surface area contributed by atoms with Gasteiger partial charge in [0.2, 0.25) is 0 Å². The molecule has 0 aromatic heterocycles. The fourth-order valence-electron chi connectivity index (χ4n) is 0.842. The van der Waals surface area contributed by atoms with Gasteiger partial charge in [0.05, 0.1) is 4.47 Å². The van der Waals surface area contributed by atoms with Gasteiger partial charge in [-0.2, -0.15) is 0 Å².